The maximum Gasteiger partial charge on any atom is 0.200 e. The van der Waals surface area contributed by atoms with Crippen LogP contribution in [0.4, 0.5) is 0 Å². The minimum Gasteiger partial charge on any atom is -0.508 e. The summed E-state index contributed by atoms with van der Waals surface area (Å²) < 4.78 is 0. The van der Waals surface area contributed by atoms with Crippen molar-refractivity contribution >= 4 is 11.9 Å². The number of ketones is 1. The van der Waals surface area contributed by atoms with Gasteiger partial charge in [0.05, 0.1) is 0 Å². The van der Waals surface area contributed by atoms with Crippen molar-refractivity contribution in [3.8, 4) is 17.2 Å². The largest absolute Gasteiger partial charge is 0.508 e. The van der Waals surface area contributed by atoms with Gasteiger partial charge in [-0.15, -0.1) is 0 Å². The van der Waals surface area contributed by atoms with Crippen LogP contribution in [0, 0.1) is 0 Å². The molecule has 5 nitrogen and oxygen atoms in total. The maximum absolute atomic E-state index is 11.3. The zero-order valence-corrected chi connectivity index (χ0v) is 9.37. The van der Waals surface area contributed by atoms with E-state index in [-0.39, 0.29) is 5.76 Å². The first-order chi connectivity index (χ1) is 8.43. The van der Waals surface area contributed by atoms with Gasteiger partial charge >= 0.3 is 0 Å². The van der Waals surface area contributed by atoms with E-state index < -0.39 is 23.0 Å². The normalized spacial score (nSPS) is 11.7. The van der Waals surface area contributed by atoms with Gasteiger partial charge in [0, 0.05) is 6.08 Å². The summed E-state index contributed by atoms with van der Waals surface area (Å²) >= 11 is 0. The van der Waals surface area contributed by atoms with Crippen molar-refractivity contribution in [3.05, 3.63) is 48.3 Å². The predicted molar refractivity (Wildman–Crippen MR) is 66.4 cm³/mol. The van der Waals surface area contributed by atoms with Crippen LogP contribution in [-0.2, 0) is 4.79 Å². The molecule has 0 bridgehead atoms. The number of aliphatic hydroxyl groups excluding tert-OH is 1. The fraction of sp³-hybridized carbons (Fsp3) is 0. The number of rotatable bonds is 4. The van der Waals surface area contributed by atoms with E-state index in [1.165, 1.54) is 18.2 Å². The quantitative estimate of drug-likeness (QED) is 0.283. The van der Waals surface area contributed by atoms with Gasteiger partial charge < -0.3 is 20.4 Å². The Morgan fingerprint density at radius 3 is 2.22 bits per heavy atom. The molecule has 1 rings (SSSR count). The monoisotopic (exact) mass is 248 g/mol. The molecule has 5 heteroatoms. The second-order valence-electron chi connectivity index (χ2n) is 3.42. The number of allylic oxidation sites excluding steroid dienone is 3. The summed E-state index contributed by atoms with van der Waals surface area (Å²) in [6, 6.07) is 2.35. The van der Waals surface area contributed by atoms with E-state index in [0.717, 1.165) is 18.2 Å². The van der Waals surface area contributed by atoms with Crippen molar-refractivity contribution in [1.29, 1.82) is 0 Å². The molecule has 0 aromatic heterocycles. The zero-order valence-electron chi connectivity index (χ0n) is 9.37. The molecule has 4 N–H and O–H groups in total. The molecule has 1 aromatic carbocycles. The van der Waals surface area contributed by atoms with Gasteiger partial charge in [-0.05, 0) is 29.8 Å². The highest BCUT2D eigenvalue weighted by Gasteiger charge is 2.06. The molecule has 0 unspecified atom stereocenters. The first-order valence-corrected chi connectivity index (χ1v) is 4.94. The van der Waals surface area contributed by atoms with E-state index in [1.54, 1.807) is 0 Å². The Bertz CT molecular complexity index is 517. The Morgan fingerprint density at radius 2 is 1.72 bits per heavy atom. The molecule has 0 radical (unpaired) electrons. The van der Waals surface area contributed by atoms with Crippen LogP contribution in [0.1, 0.15) is 5.56 Å². The van der Waals surface area contributed by atoms with E-state index in [0.29, 0.717) is 5.56 Å². The molecule has 0 aliphatic carbocycles. The summed E-state index contributed by atoms with van der Waals surface area (Å²) in [5, 5.41) is 36.6. The number of aromatic hydroxyl groups is 3. The molecule has 0 saturated carbocycles. The number of benzene rings is 1. The number of aliphatic hydroxyl groups is 1. The molecule has 0 aliphatic heterocycles. The third kappa shape index (κ3) is 3.41. The van der Waals surface area contributed by atoms with Gasteiger partial charge in [0.15, 0.2) is 23.0 Å². The van der Waals surface area contributed by atoms with Crippen LogP contribution in [-0.4, -0.2) is 26.2 Å². The highest BCUT2D eigenvalue weighted by molar-refractivity contribution is 6.02. The fourth-order valence-electron chi connectivity index (χ4n) is 1.15. The van der Waals surface area contributed by atoms with Crippen LogP contribution in [0.2, 0.25) is 0 Å². The molecule has 0 atom stereocenters. The third-order valence-electron chi connectivity index (χ3n) is 2.03. The minimum absolute atomic E-state index is 0.263. The van der Waals surface area contributed by atoms with Crippen molar-refractivity contribution in [2.45, 2.75) is 0 Å². The Kier molecular flexibility index (Phi) is 4.15. The summed E-state index contributed by atoms with van der Waals surface area (Å²) in [6.45, 7) is 3.28. The van der Waals surface area contributed by atoms with Gasteiger partial charge in [-0.25, -0.2) is 0 Å². The lowest BCUT2D eigenvalue weighted by molar-refractivity contribution is -0.110. The summed E-state index contributed by atoms with van der Waals surface area (Å²) in [7, 11) is 0. The Morgan fingerprint density at radius 1 is 1.17 bits per heavy atom. The van der Waals surface area contributed by atoms with Crippen LogP contribution < -0.4 is 0 Å². The Labute approximate surface area is 103 Å². The minimum atomic E-state index is -0.623. The van der Waals surface area contributed by atoms with Crippen molar-refractivity contribution < 1.29 is 25.2 Å². The van der Waals surface area contributed by atoms with Gasteiger partial charge in [-0.3, -0.25) is 4.79 Å². The number of hydrogen-bond donors (Lipinski definition) is 4. The Hall–Kier alpha value is -2.69. The van der Waals surface area contributed by atoms with Crippen LogP contribution in [0.5, 0.6) is 17.2 Å². The van der Waals surface area contributed by atoms with Gasteiger partial charge in [0.2, 0.25) is 0 Å². The lowest BCUT2D eigenvalue weighted by Crippen LogP contribution is -1.88. The van der Waals surface area contributed by atoms with Crippen LogP contribution in [0.3, 0.4) is 0 Å². The van der Waals surface area contributed by atoms with E-state index in [9.17, 15) is 15.0 Å². The van der Waals surface area contributed by atoms with Crippen molar-refractivity contribution in [3.63, 3.8) is 0 Å². The molecular weight excluding hydrogens is 236 g/mol. The third-order valence-corrected chi connectivity index (χ3v) is 2.03. The molecule has 18 heavy (non-hydrogen) atoms. The topological polar surface area (TPSA) is 98.0 Å². The highest BCUT2D eigenvalue weighted by Crippen LogP contribution is 2.35. The predicted octanol–water partition coefficient (Wildman–Crippen LogP) is 2.01. The molecule has 0 heterocycles. The standard InChI is InChI=1S/C13H12O5/c1-2-9(14)7-10(15)4-3-8-5-11(16)13(18)12(17)6-8/h2-7,14,16-18H,1H2/b4-3+,9-7-. The molecule has 0 fully saturated rings. The summed E-state index contributed by atoms with van der Waals surface area (Å²) in [6.07, 6.45) is 4.52. The lowest BCUT2D eigenvalue weighted by Gasteiger charge is -2.01. The second-order valence-corrected chi connectivity index (χ2v) is 3.42. The van der Waals surface area contributed by atoms with Gasteiger partial charge in [-0.2, -0.15) is 0 Å². The average molecular weight is 248 g/mol. The molecule has 0 aliphatic rings. The molecule has 0 amide bonds. The number of phenolic OH excluding ortho intramolecular Hbond substituents is 3. The SMILES string of the molecule is C=C/C(O)=C/C(=O)/C=C/c1cc(O)c(O)c(O)c1. The van der Waals surface area contributed by atoms with E-state index in [4.69, 9.17) is 10.2 Å². The molecule has 0 saturated heterocycles. The van der Waals surface area contributed by atoms with E-state index in [1.807, 2.05) is 0 Å². The first-order valence-electron chi connectivity index (χ1n) is 4.94. The average Bonchev–Trinajstić information content (AvgIpc) is 2.33. The van der Waals surface area contributed by atoms with E-state index in [2.05, 4.69) is 6.58 Å². The lowest BCUT2D eigenvalue weighted by atomic mass is 10.1. The first kappa shape index (κ1) is 13.4. The Balaban J connectivity index is 2.92. The highest BCUT2D eigenvalue weighted by atomic mass is 16.3. The smallest absolute Gasteiger partial charge is 0.200 e. The van der Waals surface area contributed by atoms with Gasteiger partial charge in [-0.1, -0.05) is 12.7 Å². The molecular formula is C13H12O5. The maximum atomic E-state index is 11.3. The fourth-order valence-corrected chi connectivity index (χ4v) is 1.15. The van der Waals surface area contributed by atoms with Gasteiger partial charge in [0.25, 0.3) is 0 Å². The van der Waals surface area contributed by atoms with E-state index >= 15 is 0 Å². The van der Waals surface area contributed by atoms with Crippen LogP contribution >= 0.6 is 0 Å². The van der Waals surface area contributed by atoms with Crippen molar-refractivity contribution in [2.24, 2.45) is 0 Å². The zero-order chi connectivity index (χ0) is 13.7. The molecule has 0 spiro atoms. The number of hydrogen-bond acceptors (Lipinski definition) is 5. The van der Waals surface area contributed by atoms with Crippen molar-refractivity contribution in [2.75, 3.05) is 0 Å². The van der Waals surface area contributed by atoms with Crippen LogP contribution in [0.15, 0.2) is 42.7 Å². The number of carbonyl (C=O) groups excluding carboxylic acids is 1. The molecule has 94 valence electrons. The number of carbonyl (C=O) groups is 1. The summed E-state index contributed by atoms with van der Waals surface area (Å²) in [5.74, 6) is -2.36. The number of phenols is 3. The summed E-state index contributed by atoms with van der Waals surface area (Å²) in [4.78, 5) is 11.3. The van der Waals surface area contributed by atoms with Crippen LogP contribution in [0.25, 0.3) is 6.08 Å². The second kappa shape index (κ2) is 5.58. The van der Waals surface area contributed by atoms with Gasteiger partial charge in [0.1, 0.15) is 5.76 Å². The molecule has 1 aromatic rings. The van der Waals surface area contributed by atoms with Crippen molar-refractivity contribution in [1.82, 2.24) is 0 Å². The summed E-state index contributed by atoms with van der Waals surface area (Å²) in [5.41, 5.74) is 0.322.